The molecule has 94 valence electrons. The largest absolute Gasteiger partial charge is 0.304 e. The van der Waals surface area contributed by atoms with Crippen LogP contribution in [0.15, 0.2) is 30.3 Å². The Labute approximate surface area is 105 Å². The third-order valence-corrected chi connectivity index (χ3v) is 3.28. The minimum absolute atomic E-state index is 0.629. The van der Waals surface area contributed by atoms with Gasteiger partial charge in [0.25, 0.3) is 0 Å². The normalized spacial score (nSPS) is 19.5. The number of aryl methyl sites for hydroxylation is 1. The molecule has 0 aromatic heterocycles. The van der Waals surface area contributed by atoms with Crippen LogP contribution >= 0.6 is 0 Å². The lowest BCUT2D eigenvalue weighted by molar-refractivity contribution is -0.107. The Hall–Kier alpha value is -1.15. The van der Waals surface area contributed by atoms with Crippen LogP contribution in [0.2, 0.25) is 0 Å². The number of aldehydes is 1. The molecule has 2 nitrogen and oxygen atoms in total. The fourth-order valence-electron chi connectivity index (χ4n) is 1.95. The van der Waals surface area contributed by atoms with E-state index >= 15 is 0 Å². The maximum Gasteiger partial charge on any atom is 0.120 e. The zero-order valence-corrected chi connectivity index (χ0v) is 10.9. The molecule has 0 aliphatic carbocycles. The molecule has 1 atom stereocenters. The van der Waals surface area contributed by atoms with Crippen LogP contribution < -0.4 is 0 Å². The van der Waals surface area contributed by atoms with E-state index in [0.717, 1.165) is 18.7 Å². The van der Waals surface area contributed by atoms with E-state index in [1.807, 2.05) is 30.3 Å². The summed E-state index contributed by atoms with van der Waals surface area (Å²) >= 11 is 0. The summed E-state index contributed by atoms with van der Waals surface area (Å²) in [4.78, 5) is 12.4. The van der Waals surface area contributed by atoms with Crippen LogP contribution in [0.4, 0.5) is 0 Å². The van der Waals surface area contributed by atoms with Gasteiger partial charge in [0.15, 0.2) is 0 Å². The van der Waals surface area contributed by atoms with Crippen molar-refractivity contribution in [3.05, 3.63) is 35.9 Å². The van der Waals surface area contributed by atoms with Crippen LogP contribution in [0.5, 0.6) is 0 Å². The molecule has 1 aromatic rings. The minimum Gasteiger partial charge on any atom is -0.304 e. The molecule has 1 saturated heterocycles. The van der Waals surface area contributed by atoms with Gasteiger partial charge in [-0.3, -0.25) is 0 Å². The van der Waals surface area contributed by atoms with E-state index in [1.54, 1.807) is 0 Å². The monoisotopic (exact) mass is 233 g/mol. The molecular weight excluding hydrogens is 210 g/mol. The van der Waals surface area contributed by atoms with Crippen molar-refractivity contribution in [2.24, 2.45) is 0 Å². The van der Waals surface area contributed by atoms with Crippen LogP contribution in [0.25, 0.3) is 0 Å². The number of hydrogen-bond acceptors (Lipinski definition) is 2. The predicted molar refractivity (Wildman–Crippen MR) is 72.2 cm³/mol. The number of carbonyl (C=O) groups is 1. The third-order valence-electron chi connectivity index (χ3n) is 3.28. The molecule has 2 heteroatoms. The molecule has 1 fully saturated rings. The first kappa shape index (κ1) is 13.9. The molecule has 0 radical (unpaired) electrons. The summed E-state index contributed by atoms with van der Waals surface area (Å²) < 4.78 is 0. The maximum absolute atomic E-state index is 9.98. The second kappa shape index (κ2) is 8.02. The van der Waals surface area contributed by atoms with Gasteiger partial charge in [-0.15, -0.1) is 0 Å². The van der Waals surface area contributed by atoms with Gasteiger partial charge in [-0.25, -0.2) is 0 Å². The standard InChI is InChI=1S/C9H10O.C6H13N/c10-8-4-7-9-5-2-1-3-6-9;1-6-4-3-5-7(6)2/h1-3,5-6,8H,4,7H2;6H,3-5H2,1-2H3. The summed E-state index contributed by atoms with van der Waals surface area (Å²) in [6, 6.07) is 10.9. The molecule has 0 N–H and O–H groups in total. The van der Waals surface area contributed by atoms with Crippen LogP contribution in [0.3, 0.4) is 0 Å². The molecule has 1 aliphatic rings. The van der Waals surface area contributed by atoms with Crippen molar-refractivity contribution >= 4 is 6.29 Å². The van der Waals surface area contributed by atoms with E-state index in [0.29, 0.717) is 6.42 Å². The number of nitrogens with zero attached hydrogens (tertiary/aromatic N) is 1. The van der Waals surface area contributed by atoms with Gasteiger partial charge in [-0.1, -0.05) is 30.3 Å². The molecule has 17 heavy (non-hydrogen) atoms. The lowest BCUT2D eigenvalue weighted by Gasteiger charge is -2.12. The smallest absolute Gasteiger partial charge is 0.120 e. The maximum atomic E-state index is 9.98. The SMILES string of the molecule is CC1CCCN1C.O=CCCc1ccccc1. The second-order valence-electron chi connectivity index (χ2n) is 4.66. The highest BCUT2D eigenvalue weighted by molar-refractivity contribution is 5.49. The lowest BCUT2D eigenvalue weighted by atomic mass is 10.1. The predicted octanol–water partition coefficient (Wildman–Crippen LogP) is 2.92. The number of rotatable bonds is 3. The topological polar surface area (TPSA) is 20.3 Å². The zero-order chi connectivity index (χ0) is 12.5. The van der Waals surface area contributed by atoms with Gasteiger partial charge < -0.3 is 9.69 Å². The molecule has 0 bridgehead atoms. The molecule has 0 spiro atoms. The molecule has 1 aromatic carbocycles. The fourth-order valence-corrected chi connectivity index (χ4v) is 1.95. The Morgan fingerprint density at radius 2 is 2.06 bits per heavy atom. The summed E-state index contributed by atoms with van der Waals surface area (Å²) in [7, 11) is 2.19. The van der Waals surface area contributed by atoms with E-state index in [4.69, 9.17) is 0 Å². The molecule has 0 saturated carbocycles. The first-order valence-electron chi connectivity index (χ1n) is 6.42. The highest BCUT2D eigenvalue weighted by Crippen LogP contribution is 2.12. The van der Waals surface area contributed by atoms with E-state index in [2.05, 4.69) is 18.9 Å². The Morgan fingerprint density at radius 1 is 1.35 bits per heavy atom. The third kappa shape index (κ3) is 5.64. The summed E-state index contributed by atoms with van der Waals surface area (Å²) in [5.74, 6) is 0. The van der Waals surface area contributed by atoms with E-state index in [-0.39, 0.29) is 0 Å². The van der Waals surface area contributed by atoms with E-state index in [9.17, 15) is 4.79 Å². The average molecular weight is 233 g/mol. The highest BCUT2D eigenvalue weighted by atomic mass is 16.1. The lowest BCUT2D eigenvalue weighted by Crippen LogP contribution is -2.20. The van der Waals surface area contributed by atoms with Crippen molar-refractivity contribution in [3.8, 4) is 0 Å². The van der Waals surface area contributed by atoms with Crippen LogP contribution in [-0.4, -0.2) is 30.8 Å². The Morgan fingerprint density at radius 3 is 2.47 bits per heavy atom. The van der Waals surface area contributed by atoms with Crippen molar-refractivity contribution in [2.75, 3.05) is 13.6 Å². The average Bonchev–Trinajstić information content (AvgIpc) is 2.73. The molecule has 0 amide bonds. The second-order valence-corrected chi connectivity index (χ2v) is 4.66. The summed E-state index contributed by atoms with van der Waals surface area (Å²) in [5.41, 5.74) is 1.23. The van der Waals surface area contributed by atoms with Gasteiger partial charge in [0.1, 0.15) is 6.29 Å². The first-order chi connectivity index (χ1) is 8.24. The molecular formula is C15H23NO. The van der Waals surface area contributed by atoms with Crippen LogP contribution in [0, 0.1) is 0 Å². The van der Waals surface area contributed by atoms with Gasteiger partial charge in [0.2, 0.25) is 0 Å². The van der Waals surface area contributed by atoms with Gasteiger partial charge in [-0.2, -0.15) is 0 Å². The zero-order valence-electron chi connectivity index (χ0n) is 10.9. The van der Waals surface area contributed by atoms with Gasteiger partial charge in [0, 0.05) is 12.5 Å². The van der Waals surface area contributed by atoms with Crippen molar-refractivity contribution in [1.82, 2.24) is 4.90 Å². The molecule has 1 unspecified atom stereocenters. The van der Waals surface area contributed by atoms with Crippen molar-refractivity contribution < 1.29 is 4.79 Å². The number of benzene rings is 1. The number of carbonyl (C=O) groups excluding carboxylic acids is 1. The Bertz CT molecular complexity index is 302. The number of hydrogen-bond donors (Lipinski definition) is 0. The van der Waals surface area contributed by atoms with Gasteiger partial charge in [0.05, 0.1) is 0 Å². The van der Waals surface area contributed by atoms with Gasteiger partial charge in [-0.05, 0) is 45.3 Å². The minimum atomic E-state index is 0.629. The molecule has 2 rings (SSSR count). The van der Waals surface area contributed by atoms with Crippen molar-refractivity contribution in [3.63, 3.8) is 0 Å². The van der Waals surface area contributed by atoms with Crippen molar-refractivity contribution in [1.29, 1.82) is 0 Å². The fraction of sp³-hybridized carbons (Fsp3) is 0.533. The molecule has 1 heterocycles. The van der Waals surface area contributed by atoms with Crippen LogP contribution in [-0.2, 0) is 11.2 Å². The Balaban J connectivity index is 0.000000181. The quantitative estimate of drug-likeness (QED) is 0.748. The summed E-state index contributed by atoms with van der Waals surface area (Å²) in [6.45, 7) is 3.59. The van der Waals surface area contributed by atoms with Gasteiger partial charge >= 0.3 is 0 Å². The van der Waals surface area contributed by atoms with E-state index < -0.39 is 0 Å². The summed E-state index contributed by atoms with van der Waals surface area (Å²) in [5, 5.41) is 0. The summed E-state index contributed by atoms with van der Waals surface area (Å²) in [6.07, 6.45) is 5.25. The van der Waals surface area contributed by atoms with Crippen LogP contribution in [0.1, 0.15) is 31.7 Å². The van der Waals surface area contributed by atoms with Crippen molar-refractivity contribution in [2.45, 2.75) is 38.6 Å². The highest BCUT2D eigenvalue weighted by Gasteiger charge is 2.14. The Kier molecular flexibility index (Phi) is 6.56. The first-order valence-corrected chi connectivity index (χ1v) is 6.42. The molecule has 1 aliphatic heterocycles. The number of likely N-dealkylation sites (tertiary alicyclic amines) is 1. The van der Waals surface area contributed by atoms with E-state index in [1.165, 1.54) is 24.9 Å².